The van der Waals surface area contributed by atoms with Gasteiger partial charge < -0.3 is 15.1 Å². The van der Waals surface area contributed by atoms with Crippen LogP contribution in [-0.4, -0.2) is 47.8 Å². The van der Waals surface area contributed by atoms with Crippen LogP contribution < -0.4 is 10.2 Å². The molecule has 0 aliphatic carbocycles. The number of piperazine rings is 1. The predicted octanol–water partition coefficient (Wildman–Crippen LogP) is 4.12. The summed E-state index contributed by atoms with van der Waals surface area (Å²) < 4.78 is 0. The van der Waals surface area contributed by atoms with Crippen LogP contribution in [0.25, 0.3) is 0 Å². The lowest BCUT2D eigenvalue weighted by molar-refractivity contribution is -0.384. The first-order valence-electron chi connectivity index (χ1n) is 10.7. The minimum Gasteiger partial charge on any atom is -0.368 e. The number of carbonyl (C=O) groups excluding carboxylic acids is 2. The van der Waals surface area contributed by atoms with Gasteiger partial charge in [0.05, 0.1) is 4.92 Å². The van der Waals surface area contributed by atoms with E-state index < -0.39 is 4.92 Å². The molecule has 0 aromatic heterocycles. The maximum atomic E-state index is 12.7. The van der Waals surface area contributed by atoms with Crippen molar-refractivity contribution in [3.05, 3.63) is 99.6 Å². The normalized spacial score (nSPS) is 13.5. The highest BCUT2D eigenvalue weighted by Gasteiger charge is 2.22. The van der Waals surface area contributed by atoms with Crippen molar-refractivity contribution in [2.24, 2.45) is 0 Å². The van der Waals surface area contributed by atoms with E-state index in [1.165, 1.54) is 24.3 Å². The molecule has 1 fully saturated rings. The van der Waals surface area contributed by atoms with Gasteiger partial charge in [0.1, 0.15) is 0 Å². The number of nitrogens with one attached hydrogen (secondary N) is 1. The Kier molecular flexibility index (Phi) is 6.35. The molecule has 8 nitrogen and oxygen atoms in total. The van der Waals surface area contributed by atoms with Crippen LogP contribution >= 0.6 is 0 Å². The summed E-state index contributed by atoms with van der Waals surface area (Å²) in [4.78, 5) is 39.4. The third-order valence-electron chi connectivity index (χ3n) is 5.70. The summed E-state index contributed by atoms with van der Waals surface area (Å²) in [6.07, 6.45) is 0. The Labute approximate surface area is 191 Å². The molecule has 0 spiro atoms. The first-order valence-corrected chi connectivity index (χ1v) is 10.7. The van der Waals surface area contributed by atoms with Crippen LogP contribution in [-0.2, 0) is 0 Å². The molecule has 33 heavy (non-hydrogen) atoms. The van der Waals surface area contributed by atoms with Gasteiger partial charge in [0.2, 0.25) is 0 Å². The Morgan fingerprint density at radius 2 is 1.39 bits per heavy atom. The van der Waals surface area contributed by atoms with Crippen molar-refractivity contribution < 1.29 is 14.5 Å². The maximum absolute atomic E-state index is 12.7. The second kappa shape index (κ2) is 9.52. The second-order valence-corrected chi connectivity index (χ2v) is 7.95. The molecule has 8 heteroatoms. The zero-order chi connectivity index (χ0) is 23.4. The molecule has 2 amide bonds. The third kappa shape index (κ3) is 5.17. The van der Waals surface area contributed by atoms with Crippen LogP contribution in [0.2, 0.25) is 0 Å². The van der Waals surface area contributed by atoms with E-state index in [1.807, 2.05) is 60.4 Å². The molecule has 3 aromatic rings. The number of nitrogens with zero attached hydrogens (tertiary/aromatic N) is 3. The number of nitro benzene ring substituents is 1. The van der Waals surface area contributed by atoms with Crippen molar-refractivity contribution >= 4 is 28.9 Å². The topological polar surface area (TPSA) is 95.8 Å². The SMILES string of the molecule is Cc1ccc(C(=O)N2CCN(c3ccc(NC(=O)c4ccc([N+](=O)[O-])cc4)cc3)CC2)cc1. The molecule has 1 heterocycles. The zero-order valence-corrected chi connectivity index (χ0v) is 18.2. The van der Waals surface area contributed by atoms with Crippen molar-refractivity contribution in [1.82, 2.24) is 4.90 Å². The molecular formula is C25H24N4O4. The minimum atomic E-state index is -0.501. The van der Waals surface area contributed by atoms with E-state index in [0.29, 0.717) is 29.9 Å². The highest BCUT2D eigenvalue weighted by atomic mass is 16.6. The number of carbonyl (C=O) groups is 2. The van der Waals surface area contributed by atoms with Crippen molar-refractivity contribution in [3.8, 4) is 0 Å². The average Bonchev–Trinajstić information content (AvgIpc) is 2.85. The van der Waals surface area contributed by atoms with E-state index in [2.05, 4.69) is 10.2 Å². The van der Waals surface area contributed by atoms with Crippen LogP contribution in [0.4, 0.5) is 17.1 Å². The number of nitro groups is 1. The van der Waals surface area contributed by atoms with Crippen LogP contribution in [0.15, 0.2) is 72.8 Å². The molecule has 4 rings (SSSR count). The number of anilines is 2. The van der Waals surface area contributed by atoms with Crippen molar-refractivity contribution in [3.63, 3.8) is 0 Å². The standard InChI is InChI=1S/C25H24N4O4/c1-18-2-4-20(5-3-18)25(31)28-16-14-27(15-17-28)22-12-8-21(9-13-22)26-24(30)19-6-10-23(11-7-19)29(32)33/h2-13H,14-17H2,1H3,(H,26,30). The average molecular weight is 444 g/mol. The molecule has 0 bridgehead atoms. The fourth-order valence-electron chi connectivity index (χ4n) is 3.74. The van der Waals surface area contributed by atoms with E-state index in [1.54, 1.807) is 0 Å². The molecule has 168 valence electrons. The van der Waals surface area contributed by atoms with Gasteiger partial charge in [-0.1, -0.05) is 17.7 Å². The van der Waals surface area contributed by atoms with Gasteiger partial charge in [-0.15, -0.1) is 0 Å². The Bertz CT molecular complexity index is 1150. The van der Waals surface area contributed by atoms with Gasteiger partial charge in [-0.25, -0.2) is 0 Å². The van der Waals surface area contributed by atoms with E-state index in [0.717, 1.165) is 24.3 Å². The van der Waals surface area contributed by atoms with Gasteiger partial charge in [-0.2, -0.15) is 0 Å². The van der Waals surface area contributed by atoms with Crippen LogP contribution in [0, 0.1) is 17.0 Å². The first-order chi connectivity index (χ1) is 15.9. The number of amides is 2. The lowest BCUT2D eigenvalue weighted by atomic mass is 10.1. The molecule has 3 aromatic carbocycles. The number of rotatable bonds is 5. The Hall–Kier alpha value is -4.20. The van der Waals surface area contributed by atoms with Gasteiger partial charge in [0.25, 0.3) is 17.5 Å². The Morgan fingerprint density at radius 3 is 1.97 bits per heavy atom. The van der Waals surface area contributed by atoms with E-state index in [9.17, 15) is 19.7 Å². The first kappa shape index (κ1) is 22.0. The quantitative estimate of drug-likeness (QED) is 0.472. The van der Waals surface area contributed by atoms with Crippen LogP contribution in [0.3, 0.4) is 0 Å². The van der Waals surface area contributed by atoms with Crippen LogP contribution in [0.1, 0.15) is 26.3 Å². The zero-order valence-electron chi connectivity index (χ0n) is 18.2. The summed E-state index contributed by atoms with van der Waals surface area (Å²) in [7, 11) is 0. The molecule has 0 atom stereocenters. The predicted molar refractivity (Wildman–Crippen MR) is 127 cm³/mol. The fraction of sp³-hybridized carbons (Fsp3) is 0.200. The van der Waals surface area contributed by atoms with Gasteiger partial charge in [0.15, 0.2) is 0 Å². The van der Waals surface area contributed by atoms with E-state index in [4.69, 9.17) is 0 Å². The lowest BCUT2D eigenvalue weighted by Crippen LogP contribution is -2.48. The molecule has 1 aliphatic heterocycles. The van der Waals surface area contributed by atoms with Crippen molar-refractivity contribution in [2.75, 3.05) is 36.4 Å². The number of hydrogen-bond acceptors (Lipinski definition) is 5. The Balaban J connectivity index is 1.32. The van der Waals surface area contributed by atoms with Crippen LogP contribution in [0.5, 0.6) is 0 Å². The second-order valence-electron chi connectivity index (χ2n) is 7.95. The van der Waals surface area contributed by atoms with Gasteiger partial charge in [-0.3, -0.25) is 19.7 Å². The fourth-order valence-corrected chi connectivity index (χ4v) is 3.74. The lowest BCUT2D eigenvalue weighted by Gasteiger charge is -2.36. The van der Waals surface area contributed by atoms with Gasteiger partial charge in [-0.05, 0) is 55.5 Å². The molecule has 0 radical (unpaired) electrons. The Morgan fingerprint density at radius 1 is 0.818 bits per heavy atom. The highest BCUT2D eigenvalue weighted by Crippen LogP contribution is 2.21. The summed E-state index contributed by atoms with van der Waals surface area (Å²) in [5.74, 6) is -0.278. The van der Waals surface area contributed by atoms with E-state index in [-0.39, 0.29) is 17.5 Å². The summed E-state index contributed by atoms with van der Waals surface area (Å²) in [5.41, 5.74) is 3.78. The summed E-state index contributed by atoms with van der Waals surface area (Å²) in [6, 6.07) is 20.6. The van der Waals surface area contributed by atoms with Crippen molar-refractivity contribution in [1.29, 1.82) is 0 Å². The van der Waals surface area contributed by atoms with Crippen molar-refractivity contribution in [2.45, 2.75) is 6.92 Å². The molecule has 0 unspecified atom stereocenters. The third-order valence-corrected chi connectivity index (χ3v) is 5.70. The smallest absolute Gasteiger partial charge is 0.269 e. The molecule has 1 saturated heterocycles. The number of aryl methyl sites for hydroxylation is 1. The molecular weight excluding hydrogens is 420 g/mol. The summed E-state index contributed by atoms with van der Waals surface area (Å²) in [5, 5.41) is 13.5. The monoisotopic (exact) mass is 444 g/mol. The number of benzene rings is 3. The minimum absolute atomic E-state index is 0.0546. The largest absolute Gasteiger partial charge is 0.368 e. The summed E-state index contributed by atoms with van der Waals surface area (Å²) >= 11 is 0. The highest BCUT2D eigenvalue weighted by molar-refractivity contribution is 6.04. The summed E-state index contributed by atoms with van der Waals surface area (Å²) in [6.45, 7) is 4.74. The molecule has 1 N–H and O–H groups in total. The molecule has 1 aliphatic rings. The van der Waals surface area contributed by atoms with E-state index >= 15 is 0 Å². The number of hydrogen-bond donors (Lipinski definition) is 1. The van der Waals surface area contributed by atoms with Gasteiger partial charge >= 0.3 is 0 Å². The molecule has 0 saturated carbocycles. The maximum Gasteiger partial charge on any atom is 0.269 e. The van der Waals surface area contributed by atoms with Gasteiger partial charge in [0, 0.05) is 60.8 Å². The number of non-ortho nitro benzene ring substituents is 1.